The van der Waals surface area contributed by atoms with E-state index in [4.69, 9.17) is 0 Å². The predicted octanol–water partition coefficient (Wildman–Crippen LogP) is 0.0603. The summed E-state index contributed by atoms with van der Waals surface area (Å²) >= 11 is 0. The fourth-order valence-electron chi connectivity index (χ4n) is 2.31. The highest BCUT2D eigenvalue weighted by Gasteiger charge is 2.53. The molecule has 6 nitrogen and oxygen atoms in total. The van der Waals surface area contributed by atoms with E-state index in [2.05, 4.69) is 20.5 Å². The van der Waals surface area contributed by atoms with Crippen molar-refractivity contribution in [3.05, 3.63) is 20.8 Å². The Morgan fingerprint density at radius 2 is 2.12 bits per heavy atom. The minimum atomic E-state index is -0.570. The van der Waals surface area contributed by atoms with Crippen molar-refractivity contribution in [1.82, 2.24) is 15.2 Å². The highest BCUT2D eigenvalue weighted by atomic mass is 16.2. The molecule has 1 heterocycles. The monoisotopic (exact) mass is 222 g/mol. The van der Waals surface area contributed by atoms with Crippen molar-refractivity contribution in [2.75, 3.05) is 11.9 Å². The number of nitrogens with one attached hydrogen (secondary N) is 3. The summed E-state index contributed by atoms with van der Waals surface area (Å²) in [7, 11) is 0. The molecule has 2 aliphatic carbocycles. The second-order valence-corrected chi connectivity index (χ2v) is 4.85. The van der Waals surface area contributed by atoms with E-state index in [9.17, 15) is 9.59 Å². The SMILES string of the molecule is O=c1[nH]nc(NCC2(C3CC3)CC2)c(=O)[nH]1. The Labute approximate surface area is 91.5 Å². The molecule has 86 valence electrons. The molecule has 0 saturated heterocycles. The number of anilines is 1. The molecule has 3 N–H and O–H groups in total. The van der Waals surface area contributed by atoms with E-state index in [1.807, 2.05) is 0 Å². The molecule has 1 aromatic heterocycles. The van der Waals surface area contributed by atoms with E-state index in [0.717, 1.165) is 12.5 Å². The zero-order valence-electron chi connectivity index (χ0n) is 8.88. The molecule has 0 aromatic carbocycles. The van der Waals surface area contributed by atoms with Crippen LogP contribution in [0.1, 0.15) is 25.7 Å². The van der Waals surface area contributed by atoms with Gasteiger partial charge in [0.1, 0.15) is 0 Å². The Kier molecular flexibility index (Phi) is 1.92. The van der Waals surface area contributed by atoms with Crippen LogP contribution in [0.4, 0.5) is 5.82 Å². The summed E-state index contributed by atoms with van der Waals surface area (Å²) in [6.07, 6.45) is 5.12. The van der Waals surface area contributed by atoms with Crippen molar-refractivity contribution in [2.45, 2.75) is 25.7 Å². The summed E-state index contributed by atoms with van der Waals surface area (Å²) in [5, 5.41) is 8.95. The minimum Gasteiger partial charge on any atom is -0.363 e. The van der Waals surface area contributed by atoms with E-state index in [-0.39, 0.29) is 5.82 Å². The van der Waals surface area contributed by atoms with Gasteiger partial charge in [0.15, 0.2) is 0 Å². The van der Waals surface area contributed by atoms with Crippen molar-refractivity contribution in [3.8, 4) is 0 Å². The van der Waals surface area contributed by atoms with E-state index in [0.29, 0.717) is 5.41 Å². The average Bonchev–Trinajstić information content (AvgIpc) is 3.11. The van der Waals surface area contributed by atoms with Crippen molar-refractivity contribution in [2.24, 2.45) is 11.3 Å². The fourth-order valence-corrected chi connectivity index (χ4v) is 2.31. The molecule has 2 aliphatic rings. The number of hydrogen-bond donors (Lipinski definition) is 3. The van der Waals surface area contributed by atoms with Crippen molar-refractivity contribution in [1.29, 1.82) is 0 Å². The van der Waals surface area contributed by atoms with Crippen LogP contribution in [0.5, 0.6) is 0 Å². The number of nitrogens with zero attached hydrogens (tertiary/aromatic N) is 1. The molecule has 0 radical (unpaired) electrons. The Bertz CT molecular complexity index is 510. The Morgan fingerprint density at radius 3 is 2.69 bits per heavy atom. The maximum atomic E-state index is 11.4. The molecule has 0 unspecified atom stereocenters. The summed E-state index contributed by atoms with van der Waals surface area (Å²) in [5.41, 5.74) is -0.612. The molecular weight excluding hydrogens is 208 g/mol. The molecule has 0 spiro atoms. The first-order valence-corrected chi connectivity index (χ1v) is 5.62. The lowest BCUT2D eigenvalue weighted by Crippen LogP contribution is -2.29. The van der Waals surface area contributed by atoms with Crippen molar-refractivity contribution >= 4 is 5.82 Å². The smallest absolute Gasteiger partial charge is 0.342 e. The first-order chi connectivity index (χ1) is 7.70. The number of aromatic amines is 2. The number of hydrogen-bond acceptors (Lipinski definition) is 4. The lowest BCUT2D eigenvalue weighted by Gasteiger charge is -2.14. The topological polar surface area (TPSA) is 90.6 Å². The summed E-state index contributed by atoms with van der Waals surface area (Å²) in [5.74, 6) is 1.05. The standard InChI is InChI=1S/C10H14N4O2/c15-8-7(13-14-9(16)12-8)11-5-10(3-4-10)6-1-2-6/h6H,1-5H2,(H,11,13)(H2,12,14,15,16). The third-order valence-corrected chi connectivity index (χ3v) is 3.65. The molecule has 2 fully saturated rings. The Hall–Kier alpha value is -1.59. The molecule has 6 heteroatoms. The van der Waals surface area contributed by atoms with Gasteiger partial charge in [0.2, 0.25) is 5.82 Å². The largest absolute Gasteiger partial charge is 0.363 e. The highest BCUT2D eigenvalue weighted by Crippen LogP contribution is 2.61. The van der Waals surface area contributed by atoms with Crippen LogP contribution >= 0.6 is 0 Å². The molecular formula is C10H14N4O2. The normalized spacial score (nSPS) is 21.8. The van der Waals surface area contributed by atoms with Crippen LogP contribution in [0.3, 0.4) is 0 Å². The second kappa shape index (κ2) is 3.20. The zero-order chi connectivity index (χ0) is 11.2. The highest BCUT2D eigenvalue weighted by molar-refractivity contribution is 5.30. The average molecular weight is 222 g/mol. The molecule has 16 heavy (non-hydrogen) atoms. The molecule has 3 rings (SSSR count). The van der Waals surface area contributed by atoms with Crippen LogP contribution < -0.4 is 16.6 Å². The van der Waals surface area contributed by atoms with Crippen LogP contribution in [0, 0.1) is 11.3 Å². The molecule has 1 aromatic rings. The first kappa shape index (κ1) is 9.62. The molecule has 0 bridgehead atoms. The minimum absolute atomic E-state index is 0.214. The summed E-state index contributed by atoms with van der Waals surface area (Å²) in [6.45, 7) is 0.791. The maximum absolute atomic E-state index is 11.4. The number of aromatic nitrogens is 3. The number of rotatable bonds is 4. The van der Waals surface area contributed by atoms with Gasteiger partial charge in [-0.25, -0.2) is 9.89 Å². The van der Waals surface area contributed by atoms with Gasteiger partial charge < -0.3 is 5.32 Å². The van der Waals surface area contributed by atoms with Crippen molar-refractivity contribution in [3.63, 3.8) is 0 Å². The summed E-state index contributed by atoms with van der Waals surface area (Å²) in [6, 6.07) is 0. The first-order valence-electron chi connectivity index (χ1n) is 5.62. The third kappa shape index (κ3) is 1.64. The van der Waals surface area contributed by atoms with Gasteiger partial charge in [0.05, 0.1) is 0 Å². The lowest BCUT2D eigenvalue weighted by molar-refractivity contribution is 0.465. The molecule has 2 saturated carbocycles. The summed E-state index contributed by atoms with van der Waals surface area (Å²) < 4.78 is 0. The molecule has 0 amide bonds. The quantitative estimate of drug-likeness (QED) is 0.672. The Morgan fingerprint density at radius 1 is 1.38 bits per heavy atom. The predicted molar refractivity (Wildman–Crippen MR) is 58.4 cm³/mol. The van der Waals surface area contributed by atoms with Crippen LogP contribution in [0.2, 0.25) is 0 Å². The lowest BCUT2D eigenvalue weighted by atomic mass is 10.0. The Balaban J connectivity index is 1.70. The van der Waals surface area contributed by atoms with Crippen molar-refractivity contribution < 1.29 is 0 Å². The van der Waals surface area contributed by atoms with Gasteiger partial charge in [-0.05, 0) is 37.0 Å². The maximum Gasteiger partial charge on any atom is 0.342 e. The van der Waals surface area contributed by atoms with E-state index in [1.54, 1.807) is 0 Å². The van der Waals surface area contributed by atoms with E-state index < -0.39 is 11.2 Å². The van der Waals surface area contributed by atoms with Crippen LogP contribution in [0.15, 0.2) is 9.59 Å². The third-order valence-electron chi connectivity index (χ3n) is 3.65. The van der Waals surface area contributed by atoms with Gasteiger partial charge >= 0.3 is 5.69 Å². The van der Waals surface area contributed by atoms with Gasteiger partial charge in [-0.1, -0.05) is 0 Å². The fraction of sp³-hybridized carbons (Fsp3) is 0.700. The van der Waals surface area contributed by atoms with Crippen LogP contribution in [-0.2, 0) is 0 Å². The van der Waals surface area contributed by atoms with E-state index >= 15 is 0 Å². The molecule has 0 atom stereocenters. The zero-order valence-corrected chi connectivity index (χ0v) is 8.88. The number of H-pyrrole nitrogens is 2. The van der Waals surface area contributed by atoms with Gasteiger partial charge in [0.25, 0.3) is 5.56 Å². The van der Waals surface area contributed by atoms with Gasteiger partial charge in [-0.15, -0.1) is 5.10 Å². The van der Waals surface area contributed by atoms with E-state index in [1.165, 1.54) is 25.7 Å². The van der Waals surface area contributed by atoms with Crippen LogP contribution in [0.25, 0.3) is 0 Å². The van der Waals surface area contributed by atoms with Gasteiger partial charge in [0, 0.05) is 6.54 Å². The van der Waals surface area contributed by atoms with Gasteiger partial charge in [-0.3, -0.25) is 9.78 Å². The summed E-state index contributed by atoms with van der Waals surface area (Å²) in [4.78, 5) is 24.3. The molecule has 0 aliphatic heterocycles. The second-order valence-electron chi connectivity index (χ2n) is 4.85. The van der Waals surface area contributed by atoms with Gasteiger partial charge in [-0.2, -0.15) is 0 Å². The van der Waals surface area contributed by atoms with Crippen LogP contribution in [-0.4, -0.2) is 21.7 Å².